The number of allylic oxidation sites excluding steroid dienone is 2. The third-order valence-corrected chi connectivity index (χ3v) is 7.36. The van der Waals surface area contributed by atoms with E-state index in [1.165, 1.54) is 6.07 Å². The van der Waals surface area contributed by atoms with Crippen LogP contribution in [0.4, 0.5) is 9.59 Å². The van der Waals surface area contributed by atoms with Gasteiger partial charge in [-0.05, 0) is 24.8 Å². The smallest absolute Gasteiger partial charge is 0.328 e. The zero-order valence-corrected chi connectivity index (χ0v) is 17.2. The number of fused-ring (bicyclic) bond motifs is 4. The number of carbonyl (C=O) groups excluding carboxylic acids is 6. The number of hydrogen-bond acceptors (Lipinski definition) is 7. The lowest BCUT2D eigenvalue weighted by atomic mass is 9.57. The Labute approximate surface area is 187 Å². The molecule has 6 atom stereocenters. The van der Waals surface area contributed by atoms with E-state index in [1.54, 1.807) is 24.3 Å². The number of rotatable bonds is 1. The summed E-state index contributed by atoms with van der Waals surface area (Å²) in [6.45, 7) is 0. The van der Waals surface area contributed by atoms with Crippen LogP contribution >= 0.6 is 0 Å². The van der Waals surface area contributed by atoms with Crippen LogP contribution < -0.4 is 11.5 Å². The standard InChI is InChI=1S/C22H20N4O7/c23-21(32)25-17(28)10-6-5-8-11(15(10)19(25)30)7-12-16(20(31)26(18(12)29)22(24)33)14(8)9-3-1-2-4-13(9)27/h1-5,10-12,14-16,27H,6-7H2,(H2,23,32)(H2,24,33). The van der Waals surface area contributed by atoms with Crippen LogP contribution in [0, 0.1) is 29.6 Å². The molecule has 1 saturated carbocycles. The number of primary amides is 2. The van der Waals surface area contributed by atoms with Crippen molar-refractivity contribution in [2.75, 3.05) is 0 Å². The Bertz CT molecular complexity index is 1190. The summed E-state index contributed by atoms with van der Waals surface area (Å²) in [7, 11) is 0. The van der Waals surface area contributed by atoms with Crippen LogP contribution in [0.5, 0.6) is 5.75 Å². The van der Waals surface area contributed by atoms with Crippen molar-refractivity contribution in [1.29, 1.82) is 0 Å². The quantitative estimate of drug-likeness (QED) is 0.401. The first kappa shape index (κ1) is 20.9. The zero-order valence-electron chi connectivity index (χ0n) is 17.2. The third-order valence-electron chi connectivity index (χ3n) is 7.36. The summed E-state index contributed by atoms with van der Waals surface area (Å²) in [5.74, 6) is -8.32. The largest absolute Gasteiger partial charge is 0.508 e. The Morgan fingerprint density at radius 3 is 2.00 bits per heavy atom. The molecule has 2 heterocycles. The van der Waals surface area contributed by atoms with Crippen LogP contribution in [0.25, 0.3) is 0 Å². The maximum atomic E-state index is 13.2. The molecular formula is C22H20N4O7. The van der Waals surface area contributed by atoms with Crippen molar-refractivity contribution in [3.05, 3.63) is 41.5 Å². The molecular weight excluding hydrogens is 432 g/mol. The van der Waals surface area contributed by atoms with Crippen LogP contribution in [-0.2, 0) is 19.2 Å². The first-order valence-electron chi connectivity index (χ1n) is 10.5. The Hall–Kier alpha value is -4.02. The summed E-state index contributed by atoms with van der Waals surface area (Å²) in [5.41, 5.74) is 11.5. The van der Waals surface area contributed by atoms with Crippen molar-refractivity contribution in [2.45, 2.75) is 18.8 Å². The Morgan fingerprint density at radius 2 is 1.39 bits per heavy atom. The number of urea groups is 2. The Balaban J connectivity index is 1.67. The van der Waals surface area contributed by atoms with Gasteiger partial charge in [0.15, 0.2) is 0 Å². The molecule has 2 aliphatic carbocycles. The molecule has 5 N–H and O–H groups in total. The number of benzene rings is 1. The minimum Gasteiger partial charge on any atom is -0.508 e. The van der Waals surface area contributed by atoms with Crippen molar-refractivity contribution in [3.63, 3.8) is 0 Å². The van der Waals surface area contributed by atoms with Crippen LogP contribution in [0.2, 0.25) is 0 Å². The molecule has 1 aromatic carbocycles. The highest BCUT2D eigenvalue weighted by Crippen LogP contribution is 2.58. The van der Waals surface area contributed by atoms with Crippen molar-refractivity contribution in [1.82, 2.24) is 9.80 Å². The Morgan fingerprint density at radius 1 is 0.818 bits per heavy atom. The molecule has 0 aromatic heterocycles. The average Bonchev–Trinajstić information content (AvgIpc) is 3.17. The molecule has 11 nitrogen and oxygen atoms in total. The second kappa shape index (κ2) is 6.99. The molecule has 170 valence electrons. The van der Waals surface area contributed by atoms with E-state index in [9.17, 15) is 33.9 Å². The second-order valence-electron chi connectivity index (χ2n) is 8.78. The van der Waals surface area contributed by atoms with E-state index in [-0.39, 0.29) is 18.6 Å². The fourth-order valence-electron chi connectivity index (χ4n) is 6.12. The molecule has 0 radical (unpaired) electrons. The summed E-state index contributed by atoms with van der Waals surface area (Å²) in [6, 6.07) is 3.94. The fraction of sp³-hybridized carbons (Fsp3) is 0.364. The van der Waals surface area contributed by atoms with E-state index in [2.05, 4.69) is 0 Å². The number of para-hydroxylation sites is 1. The fourth-order valence-corrected chi connectivity index (χ4v) is 6.12. The van der Waals surface area contributed by atoms with Crippen LogP contribution in [0.3, 0.4) is 0 Å². The normalized spacial score (nSPS) is 32.9. The topological polar surface area (TPSA) is 181 Å². The van der Waals surface area contributed by atoms with E-state index in [0.29, 0.717) is 20.9 Å². The number of likely N-dealkylation sites (tertiary alicyclic amines) is 2. The molecule has 2 aliphatic heterocycles. The number of hydrogen-bond donors (Lipinski definition) is 3. The number of phenolic OH excluding ortho intramolecular Hbond substituents is 1. The van der Waals surface area contributed by atoms with Gasteiger partial charge in [0.1, 0.15) is 5.75 Å². The van der Waals surface area contributed by atoms with Gasteiger partial charge in [0, 0.05) is 11.5 Å². The lowest BCUT2D eigenvalue weighted by Crippen LogP contribution is -2.44. The van der Waals surface area contributed by atoms with Gasteiger partial charge in [0.2, 0.25) is 23.6 Å². The second-order valence-corrected chi connectivity index (χ2v) is 8.78. The predicted molar refractivity (Wildman–Crippen MR) is 108 cm³/mol. The molecule has 1 aromatic rings. The minimum atomic E-state index is -1.20. The number of amides is 8. The average molecular weight is 452 g/mol. The molecule has 5 rings (SSSR count). The number of phenols is 1. The number of aromatic hydroxyl groups is 1. The highest BCUT2D eigenvalue weighted by Gasteiger charge is 2.63. The summed E-state index contributed by atoms with van der Waals surface area (Å²) >= 11 is 0. The Kier molecular flexibility index (Phi) is 4.42. The molecule has 8 amide bonds. The van der Waals surface area contributed by atoms with Gasteiger partial charge in [-0.3, -0.25) is 19.2 Å². The van der Waals surface area contributed by atoms with Gasteiger partial charge in [-0.25, -0.2) is 9.59 Å². The van der Waals surface area contributed by atoms with Gasteiger partial charge in [0.25, 0.3) is 0 Å². The maximum absolute atomic E-state index is 13.2. The predicted octanol–water partition coefficient (Wildman–Crippen LogP) is 0.186. The molecule has 4 aliphatic rings. The molecule has 11 heteroatoms. The van der Waals surface area contributed by atoms with Crippen LogP contribution in [0.1, 0.15) is 24.3 Å². The van der Waals surface area contributed by atoms with Gasteiger partial charge >= 0.3 is 12.1 Å². The maximum Gasteiger partial charge on any atom is 0.328 e. The molecule has 6 unspecified atom stereocenters. The van der Waals surface area contributed by atoms with Gasteiger partial charge in [-0.1, -0.05) is 29.8 Å². The van der Waals surface area contributed by atoms with Crippen molar-refractivity contribution >= 4 is 35.7 Å². The van der Waals surface area contributed by atoms with Gasteiger partial charge < -0.3 is 16.6 Å². The summed E-state index contributed by atoms with van der Waals surface area (Å²) in [5, 5.41) is 10.6. The number of nitrogens with two attached hydrogens (primary N) is 2. The molecule has 3 fully saturated rings. The van der Waals surface area contributed by atoms with Crippen molar-refractivity contribution < 1.29 is 33.9 Å². The number of imide groups is 6. The molecule has 0 bridgehead atoms. The van der Waals surface area contributed by atoms with E-state index in [4.69, 9.17) is 11.5 Å². The van der Waals surface area contributed by atoms with E-state index in [0.717, 1.165) is 0 Å². The van der Waals surface area contributed by atoms with Crippen molar-refractivity contribution in [3.8, 4) is 5.75 Å². The molecule has 2 saturated heterocycles. The van der Waals surface area contributed by atoms with Gasteiger partial charge in [-0.2, -0.15) is 9.80 Å². The van der Waals surface area contributed by atoms with Gasteiger partial charge in [0.05, 0.1) is 23.7 Å². The lowest BCUT2D eigenvalue weighted by Gasteiger charge is -2.44. The minimum absolute atomic E-state index is 0.0156. The van der Waals surface area contributed by atoms with Crippen molar-refractivity contribution in [2.24, 2.45) is 41.1 Å². The highest BCUT2D eigenvalue weighted by atomic mass is 16.3. The van der Waals surface area contributed by atoms with Crippen LogP contribution in [0.15, 0.2) is 35.9 Å². The first-order valence-corrected chi connectivity index (χ1v) is 10.5. The number of carbonyl (C=O) groups is 6. The monoisotopic (exact) mass is 452 g/mol. The molecule has 0 spiro atoms. The third kappa shape index (κ3) is 2.68. The van der Waals surface area contributed by atoms with E-state index >= 15 is 0 Å². The lowest BCUT2D eigenvalue weighted by molar-refractivity contribution is -0.138. The highest BCUT2D eigenvalue weighted by molar-refractivity contribution is 6.18. The first-order chi connectivity index (χ1) is 15.6. The SMILES string of the molecule is NC(=O)N1C(=O)C2CC=C3C(CC4C(=O)N(C(N)=O)C(=O)C4C3c3ccccc3O)C2C1=O. The van der Waals surface area contributed by atoms with Gasteiger partial charge in [-0.15, -0.1) is 0 Å². The number of nitrogens with zero attached hydrogens (tertiary/aromatic N) is 2. The van der Waals surface area contributed by atoms with E-state index < -0.39 is 71.2 Å². The summed E-state index contributed by atoms with van der Waals surface area (Å²) in [4.78, 5) is 76.4. The summed E-state index contributed by atoms with van der Waals surface area (Å²) in [6.07, 6.45) is 1.88. The molecule has 33 heavy (non-hydrogen) atoms. The summed E-state index contributed by atoms with van der Waals surface area (Å²) < 4.78 is 0. The van der Waals surface area contributed by atoms with Crippen LogP contribution in [-0.4, -0.2) is 50.6 Å². The zero-order chi connectivity index (χ0) is 23.8. The van der Waals surface area contributed by atoms with E-state index in [1.807, 2.05) is 0 Å².